The molecule has 0 saturated carbocycles. The molecule has 0 amide bonds. The summed E-state index contributed by atoms with van der Waals surface area (Å²) in [7, 11) is 0. The molecule has 1 aromatic heterocycles. The first-order chi connectivity index (χ1) is 7.88. The molecule has 2 unspecified atom stereocenters. The quantitative estimate of drug-likeness (QED) is 0.828. The molecule has 2 aliphatic rings. The van der Waals surface area contributed by atoms with Gasteiger partial charge >= 0.3 is 0 Å². The highest BCUT2D eigenvalue weighted by Gasteiger charge is 2.31. The molecule has 3 heterocycles. The van der Waals surface area contributed by atoms with Crippen molar-refractivity contribution in [3.8, 4) is 0 Å². The van der Waals surface area contributed by atoms with Crippen LogP contribution in [0.1, 0.15) is 31.5 Å². The second kappa shape index (κ2) is 4.09. The summed E-state index contributed by atoms with van der Waals surface area (Å²) >= 11 is 0. The standard InChI is InChI=1S/C12H19N3O/c1-2-10-7-12-13-5-3-11(15(12)14-10)9-4-6-16-8-9/h7,9,11,13H,2-6,8H2,1H3. The summed E-state index contributed by atoms with van der Waals surface area (Å²) in [5.41, 5.74) is 1.19. The van der Waals surface area contributed by atoms with Crippen molar-refractivity contribution in [2.75, 3.05) is 25.1 Å². The highest BCUT2D eigenvalue weighted by molar-refractivity contribution is 5.39. The summed E-state index contributed by atoms with van der Waals surface area (Å²) < 4.78 is 7.69. The summed E-state index contributed by atoms with van der Waals surface area (Å²) in [4.78, 5) is 0. The van der Waals surface area contributed by atoms with Crippen LogP contribution >= 0.6 is 0 Å². The van der Waals surface area contributed by atoms with E-state index in [1.807, 2.05) is 0 Å². The number of aryl methyl sites for hydroxylation is 1. The molecule has 3 rings (SSSR count). The molecule has 4 heteroatoms. The molecule has 1 aromatic rings. The first-order valence-electron chi connectivity index (χ1n) is 6.28. The number of hydrogen-bond donors (Lipinski definition) is 1. The van der Waals surface area contributed by atoms with Crippen LogP contribution in [0.3, 0.4) is 0 Å². The van der Waals surface area contributed by atoms with Crippen LogP contribution in [-0.2, 0) is 11.2 Å². The van der Waals surface area contributed by atoms with E-state index in [1.54, 1.807) is 0 Å². The van der Waals surface area contributed by atoms with E-state index in [4.69, 9.17) is 9.84 Å². The molecule has 1 saturated heterocycles. The molecule has 16 heavy (non-hydrogen) atoms. The number of rotatable bonds is 2. The zero-order valence-corrected chi connectivity index (χ0v) is 9.78. The Kier molecular flexibility index (Phi) is 2.59. The Labute approximate surface area is 96.0 Å². The van der Waals surface area contributed by atoms with Gasteiger partial charge in [0.15, 0.2) is 0 Å². The number of nitrogens with zero attached hydrogens (tertiary/aromatic N) is 2. The van der Waals surface area contributed by atoms with Crippen molar-refractivity contribution in [1.82, 2.24) is 9.78 Å². The maximum atomic E-state index is 5.50. The molecule has 0 aromatic carbocycles. The molecule has 0 spiro atoms. The van der Waals surface area contributed by atoms with Crippen LogP contribution in [0.15, 0.2) is 6.07 Å². The molecule has 88 valence electrons. The Bertz CT molecular complexity index is 368. The summed E-state index contributed by atoms with van der Waals surface area (Å²) in [6, 6.07) is 2.72. The van der Waals surface area contributed by atoms with Crippen LogP contribution in [0.2, 0.25) is 0 Å². The predicted octanol–water partition coefficient (Wildman–Crippen LogP) is 1.84. The molecule has 4 nitrogen and oxygen atoms in total. The van der Waals surface area contributed by atoms with Gasteiger partial charge < -0.3 is 10.1 Å². The van der Waals surface area contributed by atoms with E-state index in [1.165, 1.54) is 24.4 Å². The molecule has 0 bridgehead atoms. The van der Waals surface area contributed by atoms with Gasteiger partial charge in [-0.3, -0.25) is 0 Å². The highest BCUT2D eigenvalue weighted by atomic mass is 16.5. The first-order valence-corrected chi connectivity index (χ1v) is 6.28. The summed E-state index contributed by atoms with van der Waals surface area (Å²) in [5, 5.41) is 8.12. The monoisotopic (exact) mass is 221 g/mol. The maximum absolute atomic E-state index is 5.50. The number of anilines is 1. The van der Waals surface area contributed by atoms with Crippen LogP contribution in [0.4, 0.5) is 5.82 Å². The van der Waals surface area contributed by atoms with E-state index in [-0.39, 0.29) is 0 Å². The number of fused-ring (bicyclic) bond motifs is 1. The molecular weight excluding hydrogens is 202 g/mol. The molecule has 1 fully saturated rings. The Balaban J connectivity index is 1.89. The van der Waals surface area contributed by atoms with Crippen LogP contribution in [0, 0.1) is 5.92 Å². The lowest BCUT2D eigenvalue weighted by atomic mass is 9.95. The van der Waals surface area contributed by atoms with E-state index in [2.05, 4.69) is 23.0 Å². The van der Waals surface area contributed by atoms with Gasteiger partial charge in [0.05, 0.1) is 18.3 Å². The van der Waals surface area contributed by atoms with Crippen LogP contribution < -0.4 is 5.32 Å². The molecule has 0 aliphatic carbocycles. The zero-order chi connectivity index (χ0) is 11.0. The van der Waals surface area contributed by atoms with E-state index in [9.17, 15) is 0 Å². The number of aromatic nitrogens is 2. The van der Waals surface area contributed by atoms with Gasteiger partial charge in [-0.05, 0) is 19.3 Å². The minimum absolute atomic E-state index is 0.541. The smallest absolute Gasteiger partial charge is 0.124 e. The second-order valence-corrected chi connectivity index (χ2v) is 4.73. The van der Waals surface area contributed by atoms with Crippen molar-refractivity contribution in [3.05, 3.63) is 11.8 Å². The maximum Gasteiger partial charge on any atom is 0.124 e. The third-order valence-electron chi connectivity index (χ3n) is 3.72. The van der Waals surface area contributed by atoms with Gasteiger partial charge in [0, 0.05) is 25.1 Å². The van der Waals surface area contributed by atoms with Crippen molar-refractivity contribution in [2.45, 2.75) is 32.2 Å². The lowest BCUT2D eigenvalue weighted by Crippen LogP contribution is -2.29. The topological polar surface area (TPSA) is 39.1 Å². The Morgan fingerprint density at radius 2 is 2.50 bits per heavy atom. The lowest BCUT2D eigenvalue weighted by molar-refractivity contribution is 0.167. The van der Waals surface area contributed by atoms with Gasteiger partial charge in [-0.1, -0.05) is 6.92 Å². The number of nitrogens with one attached hydrogen (secondary N) is 1. The predicted molar refractivity (Wildman–Crippen MR) is 62.7 cm³/mol. The molecular formula is C12H19N3O. The molecule has 2 aliphatic heterocycles. The van der Waals surface area contributed by atoms with E-state index in [0.717, 1.165) is 26.2 Å². The SMILES string of the molecule is CCc1cc2n(n1)C(C1CCOC1)CCN2. The molecule has 2 atom stereocenters. The van der Waals surface area contributed by atoms with E-state index in [0.29, 0.717) is 12.0 Å². The fourth-order valence-corrected chi connectivity index (χ4v) is 2.76. The Morgan fingerprint density at radius 3 is 3.25 bits per heavy atom. The summed E-state index contributed by atoms with van der Waals surface area (Å²) in [5.74, 6) is 1.85. The van der Waals surface area contributed by atoms with Gasteiger partial charge in [-0.25, -0.2) is 4.68 Å². The summed E-state index contributed by atoms with van der Waals surface area (Å²) in [6.45, 7) is 5.05. The third-order valence-corrected chi connectivity index (χ3v) is 3.72. The Hall–Kier alpha value is -1.03. The molecule has 1 N–H and O–H groups in total. The van der Waals surface area contributed by atoms with Gasteiger partial charge in [0.25, 0.3) is 0 Å². The second-order valence-electron chi connectivity index (χ2n) is 4.73. The zero-order valence-electron chi connectivity index (χ0n) is 9.78. The van der Waals surface area contributed by atoms with Crippen LogP contribution in [-0.4, -0.2) is 29.5 Å². The minimum atomic E-state index is 0.541. The normalized spacial score (nSPS) is 28.8. The molecule has 0 radical (unpaired) electrons. The minimum Gasteiger partial charge on any atom is -0.381 e. The van der Waals surface area contributed by atoms with Crippen molar-refractivity contribution in [3.63, 3.8) is 0 Å². The van der Waals surface area contributed by atoms with Gasteiger partial charge in [0.1, 0.15) is 5.82 Å². The van der Waals surface area contributed by atoms with Crippen LogP contribution in [0.5, 0.6) is 0 Å². The average molecular weight is 221 g/mol. The lowest BCUT2D eigenvalue weighted by Gasteiger charge is -2.29. The Morgan fingerprint density at radius 1 is 1.56 bits per heavy atom. The van der Waals surface area contributed by atoms with Crippen molar-refractivity contribution < 1.29 is 4.74 Å². The van der Waals surface area contributed by atoms with Crippen molar-refractivity contribution in [2.24, 2.45) is 5.92 Å². The van der Waals surface area contributed by atoms with Gasteiger partial charge in [-0.15, -0.1) is 0 Å². The third kappa shape index (κ3) is 1.61. The highest BCUT2D eigenvalue weighted by Crippen LogP contribution is 2.34. The number of hydrogen-bond acceptors (Lipinski definition) is 3. The largest absolute Gasteiger partial charge is 0.381 e. The number of ether oxygens (including phenoxy) is 1. The van der Waals surface area contributed by atoms with Crippen LogP contribution in [0.25, 0.3) is 0 Å². The average Bonchev–Trinajstić information content (AvgIpc) is 2.97. The van der Waals surface area contributed by atoms with Gasteiger partial charge in [-0.2, -0.15) is 5.10 Å². The van der Waals surface area contributed by atoms with Gasteiger partial charge in [0.2, 0.25) is 0 Å². The van der Waals surface area contributed by atoms with Crippen molar-refractivity contribution >= 4 is 5.82 Å². The van der Waals surface area contributed by atoms with Crippen molar-refractivity contribution in [1.29, 1.82) is 0 Å². The summed E-state index contributed by atoms with van der Waals surface area (Å²) in [6.07, 6.45) is 3.37. The van der Waals surface area contributed by atoms with E-state index >= 15 is 0 Å². The fraction of sp³-hybridized carbons (Fsp3) is 0.750. The first kappa shape index (κ1) is 10.1. The van der Waals surface area contributed by atoms with E-state index < -0.39 is 0 Å². The fourth-order valence-electron chi connectivity index (χ4n) is 2.76.